The molecule has 0 bridgehead atoms. The molecular weight excluding hydrogens is 636 g/mol. The highest BCUT2D eigenvalue weighted by Crippen LogP contribution is 2.42. The number of fused-ring (bicyclic) bond motifs is 1. The first-order valence-electron chi connectivity index (χ1n) is 16.7. The molecule has 1 aromatic heterocycles. The molecule has 12 heteroatoms. The fourth-order valence-electron chi connectivity index (χ4n) is 6.54. The number of aromatic nitrogens is 2. The van der Waals surface area contributed by atoms with E-state index in [1.165, 1.54) is 6.20 Å². The van der Waals surface area contributed by atoms with Crippen molar-refractivity contribution in [2.75, 3.05) is 42.9 Å². The van der Waals surface area contributed by atoms with Gasteiger partial charge in [0.1, 0.15) is 5.69 Å². The maximum absolute atomic E-state index is 13.0. The monoisotopic (exact) mass is 674 g/mol. The predicted molar refractivity (Wildman–Crippen MR) is 189 cm³/mol. The van der Waals surface area contributed by atoms with Crippen LogP contribution in [0.5, 0.6) is 0 Å². The van der Waals surface area contributed by atoms with Gasteiger partial charge in [0.25, 0.3) is 11.6 Å². The van der Waals surface area contributed by atoms with Crippen molar-refractivity contribution in [3.05, 3.63) is 136 Å². The van der Waals surface area contributed by atoms with Crippen molar-refractivity contribution in [1.82, 2.24) is 14.9 Å². The van der Waals surface area contributed by atoms with Gasteiger partial charge in [-0.25, -0.2) is 4.98 Å². The van der Waals surface area contributed by atoms with Crippen molar-refractivity contribution in [2.45, 2.75) is 32.0 Å². The van der Waals surface area contributed by atoms with Gasteiger partial charge in [0.05, 0.1) is 41.0 Å². The zero-order chi connectivity index (χ0) is 34.6. The molecule has 2 fully saturated rings. The van der Waals surface area contributed by atoms with E-state index in [4.69, 9.17) is 9.47 Å². The number of aliphatic hydroxyl groups excluding tert-OH is 1. The lowest BCUT2D eigenvalue weighted by atomic mass is 9.90. The minimum Gasteiger partial charge on any atom is -0.392 e. The third-order valence-corrected chi connectivity index (χ3v) is 9.48. The maximum atomic E-state index is 13.0. The number of nitrogens with zero attached hydrogens (tertiary/aromatic N) is 5. The molecule has 2 N–H and O–H groups in total. The smallest absolute Gasteiger partial charge is 0.275 e. The van der Waals surface area contributed by atoms with Gasteiger partial charge >= 0.3 is 0 Å². The van der Waals surface area contributed by atoms with Crippen LogP contribution in [0.2, 0.25) is 0 Å². The minimum absolute atomic E-state index is 0.0283. The zero-order valence-electron chi connectivity index (χ0n) is 27.6. The molecule has 3 heterocycles. The summed E-state index contributed by atoms with van der Waals surface area (Å²) in [6.45, 7) is 6.06. The maximum Gasteiger partial charge on any atom is 0.275 e. The van der Waals surface area contributed by atoms with Crippen LogP contribution in [0.1, 0.15) is 46.5 Å². The lowest BCUT2D eigenvalue weighted by Crippen LogP contribution is -2.51. The van der Waals surface area contributed by atoms with Gasteiger partial charge in [-0.3, -0.25) is 24.8 Å². The number of nitrogens with one attached hydrogen (secondary N) is 1. The fraction of sp³-hybridized carbons (Fsp3) is 0.289. The number of non-ortho nitro benzene ring substituents is 1. The molecule has 12 nitrogen and oxygen atoms in total. The van der Waals surface area contributed by atoms with Crippen LogP contribution in [-0.4, -0.2) is 69.6 Å². The Balaban J connectivity index is 1.04. The summed E-state index contributed by atoms with van der Waals surface area (Å²) in [4.78, 5) is 37.1. The number of nitro benzene ring substituents is 1. The van der Waals surface area contributed by atoms with Crippen LogP contribution in [0.4, 0.5) is 17.1 Å². The number of benzene rings is 4. The summed E-state index contributed by atoms with van der Waals surface area (Å²) < 4.78 is 13.3. The fourth-order valence-corrected chi connectivity index (χ4v) is 6.54. The Morgan fingerprint density at radius 1 is 0.900 bits per heavy atom. The standard InChI is InChI=1S/C38H38N6O6/c1-25-35(23-42-18-20-43(21-19-42)30-14-16-31(17-15-30)44(47)48)49-38(50-36(25)27-8-6-26(24-45)7-9-27)28-10-12-29(13-11-28)40-37(46)34-22-39-32-4-2-3-5-33(32)41-34/h2-17,22,25,35-36,38,45H,18-21,23-24H2,1H3,(H,40,46)/t25-,35+,36+,38+/m0/s1. The SMILES string of the molecule is C[C@H]1[C@@H](CN2CCN(c3ccc([N+](=O)[O-])cc3)CC2)O[C@@H](c2ccc(NC(=O)c3cnc4ccccc4n3)cc2)O[C@H]1c1ccc(CO)cc1. The Kier molecular flexibility index (Phi) is 9.76. The molecule has 0 spiro atoms. The number of carbonyl (C=O) groups is 1. The summed E-state index contributed by atoms with van der Waals surface area (Å²) >= 11 is 0. The largest absolute Gasteiger partial charge is 0.392 e. The van der Waals surface area contributed by atoms with Crippen LogP contribution < -0.4 is 10.2 Å². The number of para-hydroxylation sites is 2. The summed E-state index contributed by atoms with van der Waals surface area (Å²) in [5, 5.41) is 23.6. The molecule has 0 unspecified atom stereocenters. The van der Waals surface area contributed by atoms with E-state index >= 15 is 0 Å². The molecule has 50 heavy (non-hydrogen) atoms. The van der Waals surface area contributed by atoms with Crippen molar-refractivity contribution >= 4 is 34.0 Å². The molecule has 2 saturated heterocycles. The van der Waals surface area contributed by atoms with Crippen molar-refractivity contribution in [3.8, 4) is 0 Å². The van der Waals surface area contributed by atoms with Gasteiger partial charge in [0, 0.05) is 67.7 Å². The molecule has 4 atom stereocenters. The molecule has 0 saturated carbocycles. The van der Waals surface area contributed by atoms with Crippen LogP contribution in [-0.2, 0) is 16.1 Å². The minimum atomic E-state index is -0.642. The summed E-state index contributed by atoms with van der Waals surface area (Å²) in [5.41, 5.74) is 5.94. The number of aliphatic hydroxyl groups is 1. The van der Waals surface area contributed by atoms with Crippen molar-refractivity contribution < 1.29 is 24.3 Å². The first-order valence-corrected chi connectivity index (χ1v) is 16.7. The molecule has 4 aromatic carbocycles. The second kappa shape index (κ2) is 14.7. The lowest BCUT2D eigenvalue weighted by Gasteiger charge is -2.44. The van der Waals surface area contributed by atoms with Gasteiger partial charge in [-0.15, -0.1) is 0 Å². The van der Waals surface area contributed by atoms with Crippen molar-refractivity contribution in [2.24, 2.45) is 5.92 Å². The van der Waals surface area contributed by atoms with E-state index < -0.39 is 6.29 Å². The number of ether oxygens (including phenoxy) is 2. The number of hydrogen-bond donors (Lipinski definition) is 2. The number of amides is 1. The molecule has 7 rings (SSSR count). The molecule has 2 aliphatic heterocycles. The Hall–Kier alpha value is -5.27. The molecule has 0 radical (unpaired) electrons. The van der Waals surface area contributed by atoms with E-state index in [1.54, 1.807) is 12.1 Å². The Morgan fingerprint density at radius 3 is 2.26 bits per heavy atom. The van der Waals surface area contributed by atoms with E-state index in [0.717, 1.165) is 54.1 Å². The van der Waals surface area contributed by atoms with Gasteiger partial charge in [-0.05, 0) is 47.5 Å². The van der Waals surface area contributed by atoms with Crippen molar-refractivity contribution in [1.29, 1.82) is 0 Å². The van der Waals surface area contributed by atoms with E-state index in [0.29, 0.717) is 17.7 Å². The molecule has 256 valence electrons. The van der Waals surface area contributed by atoms with E-state index in [9.17, 15) is 20.0 Å². The molecule has 1 amide bonds. The van der Waals surface area contributed by atoms with Gasteiger partial charge in [0.15, 0.2) is 6.29 Å². The summed E-state index contributed by atoms with van der Waals surface area (Å²) in [6, 6.07) is 29.4. The normalized spacial score (nSPS) is 21.2. The first-order chi connectivity index (χ1) is 24.3. The lowest BCUT2D eigenvalue weighted by molar-refractivity contribution is -0.384. The van der Waals surface area contributed by atoms with Crippen LogP contribution in [0.3, 0.4) is 0 Å². The Morgan fingerprint density at radius 2 is 1.58 bits per heavy atom. The van der Waals surface area contributed by atoms with Crippen LogP contribution in [0, 0.1) is 16.0 Å². The number of rotatable bonds is 9. The highest BCUT2D eigenvalue weighted by molar-refractivity contribution is 6.03. The van der Waals surface area contributed by atoms with E-state index in [-0.39, 0.29) is 46.9 Å². The summed E-state index contributed by atoms with van der Waals surface area (Å²) in [5.74, 6) is -0.323. The second-order valence-electron chi connectivity index (χ2n) is 12.7. The third-order valence-electron chi connectivity index (χ3n) is 9.48. The second-order valence-corrected chi connectivity index (χ2v) is 12.7. The number of piperazine rings is 1. The summed E-state index contributed by atoms with van der Waals surface area (Å²) in [7, 11) is 0. The average molecular weight is 675 g/mol. The predicted octanol–water partition coefficient (Wildman–Crippen LogP) is 5.90. The van der Waals surface area contributed by atoms with Crippen LogP contribution in [0.25, 0.3) is 11.0 Å². The van der Waals surface area contributed by atoms with Crippen molar-refractivity contribution in [3.63, 3.8) is 0 Å². The third kappa shape index (κ3) is 7.33. The molecule has 5 aromatic rings. The highest BCUT2D eigenvalue weighted by atomic mass is 16.7. The zero-order valence-corrected chi connectivity index (χ0v) is 27.6. The Bertz CT molecular complexity index is 1950. The number of hydrogen-bond acceptors (Lipinski definition) is 10. The molecular formula is C38H38N6O6. The summed E-state index contributed by atoms with van der Waals surface area (Å²) in [6.07, 6.45) is 0.433. The molecule has 2 aliphatic rings. The number of anilines is 2. The van der Waals surface area contributed by atoms with E-state index in [1.807, 2.05) is 84.9 Å². The van der Waals surface area contributed by atoms with E-state index in [2.05, 4.69) is 32.0 Å². The number of carbonyl (C=O) groups excluding carboxylic acids is 1. The molecule has 0 aliphatic carbocycles. The Labute approximate surface area is 289 Å². The topological polar surface area (TPSA) is 143 Å². The average Bonchev–Trinajstić information content (AvgIpc) is 3.16. The van der Waals surface area contributed by atoms with Gasteiger partial charge in [0.2, 0.25) is 0 Å². The van der Waals surface area contributed by atoms with Gasteiger partial charge < -0.3 is 24.8 Å². The van der Waals surface area contributed by atoms with Crippen LogP contribution >= 0.6 is 0 Å². The highest BCUT2D eigenvalue weighted by Gasteiger charge is 2.39. The van der Waals surface area contributed by atoms with Gasteiger partial charge in [-0.1, -0.05) is 55.5 Å². The quantitative estimate of drug-likeness (QED) is 0.143. The van der Waals surface area contributed by atoms with Crippen LogP contribution in [0.15, 0.2) is 103 Å². The van der Waals surface area contributed by atoms with Gasteiger partial charge in [-0.2, -0.15) is 0 Å². The first kappa shape index (κ1) is 33.2. The number of nitro groups is 1.